The number of nitrogens with one attached hydrogen (secondary N) is 1. The number of nitrogens with zero attached hydrogens (tertiary/aromatic N) is 5. The lowest BCUT2D eigenvalue weighted by atomic mass is 10.0. The molecule has 0 radical (unpaired) electrons. The van der Waals surface area contributed by atoms with Gasteiger partial charge in [0.15, 0.2) is 0 Å². The van der Waals surface area contributed by atoms with Crippen molar-refractivity contribution < 1.29 is 9.53 Å². The summed E-state index contributed by atoms with van der Waals surface area (Å²) >= 11 is 12.5. The number of anilines is 2. The van der Waals surface area contributed by atoms with E-state index in [1.54, 1.807) is 39.5 Å². The smallest absolute Gasteiger partial charge is 0.274 e. The molecule has 3 aromatic heterocycles. The van der Waals surface area contributed by atoms with E-state index in [1.165, 1.54) is 21.7 Å². The maximum Gasteiger partial charge on any atom is 0.274 e. The van der Waals surface area contributed by atoms with Crippen LogP contribution in [0.25, 0.3) is 11.3 Å². The van der Waals surface area contributed by atoms with Gasteiger partial charge in [-0.3, -0.25) is 14.5 Å². The van der Waals surface area contributed by atoms with Gasteiger partial charge < -0.3 is 19.2 Å². The van der Waals surface area contributed by atoms with Gasteiger partial charge in [-0.25, -0.2) is 4.98 Å². The van der Waals surface area contributed by atoms with E-state index in [-0.39, 0.29) is 23.2 Å². The fourth-order valence-electron chi connectivity index (χ4n) is 4.97. The van der Waals surface area contributed by atoms with Crippen LogP contribution in [0.1, 0.15) is 47.5 Å². The van der Waals surface area contributed by atoms with Crippen LogP contribution in [0.3, 0.4) is 0 Å². The number of carbonyl (C=O) groups is 1. The molecule has 1 aromatic carbocycles. The molecule has 0 saturated carbocycles. The normalized spacial score (nSPS) is 14.8. The third kappa shape index (κ3) is 4.12. The number of amides is 1. The Bertz CT molecular complexity index is 1610. The molecule has 1 unspecified atom stereocenters. The number of rotatable bonds is 6. The first-order valence-electron chi connectivity index (χ1n) is 12.0. The number of hydrogen-bond acceptors (Lipinski definition) is 6. The van der Waals surface area contributed by atoms with Crippen molar-refractivity contribution in [2.75, 3.05) is 24.4 Å². The molecule has 38 heavy (non-hydrogen) atoms. The SMILES string of the molecule is CNc1ncc(-c2cc3c(n2C(C)C)C(c2ccc(Cl)cc2)N(c2cc(Cl)cn(C)c2=O)C3=O)c(OC)n1. The highest BCUT2D eigenvalue weighted by Crippen LogP contribution is 2.46. The Hall–Kier alpha value is -3.82. The minimum absolute atomic E-state index is 0.0628. The highest BCUT2D eigenvalue weighted by molar-refractivity contribution is 6.31. The first-order valence-corrected chi connectivity index (χ1v) is 12.7. The van der Waals surface area contributed by atoms with Crippen LogP contribution in [0.4, 0.5) is 11.6 Å². The highest BCUT2D eigenvalue weighted by atomic mass is 35.5. The van der Waals surface area contributed by atoms with Crippen molar-refractivity contribution in [1.29, 1.82) is 0 Å². The third-order valence-electron chi connectivity index (χ3n) is 6.58. The summed E-state index contributed by atoms with van der Waals surface area (Å²) in [6.07, 6.45) is 3.19. The molecule has 0 saturated heterocycles. The summed E-state index contributed by atoms with van der Waals surface area (Å²) in [6, 6.07) is 9.93. The second-order valence-corrected chi connectivity index (χ2v) is 10.1. The first kappa shape index (κ1) is 25.8. The Morgan fingerprint density at radius 3 is 2.39 bits per heavy atom. The molecular weight excluding hydrogens is 527 g/mol. The number of hydrogen-bond donors (Lipinski definition) is 1. The minimum Gasteiger partial charge on any atom is -0.480 e. The Kier molecular flexibility index (Phi) is 6.66. The summed E-state index contributed by atoms with van der Waals surface area (Å²) in [5, 5.41) is 3.82. The van der Waals surface area contributed by atoms with Crippen LogP contribution in [-0.4, -0.2) is 39.2 Å². The van der Waals surface area contributed by atoms with Crippen LogP contribution in [0.2, 0.25) is 10.0 Å². The maximum atomic E-state index is 14.1. The molecule has 0 spiro atoms. The van der Waals surface area contributed by atoms with Gasteiger partial charge in [0.25, 0.3) is 11.5 Å². The van der Waals surface area contributed by atoms with Crippen molar-refractivity contribution in [1.82, 2.24) is 19.1 Å². The van der Waals surface area contributed by atoms with Gasteiger partial charge >= 0.3 is 0 Å². The maximum absolute atomic E-state index is 14.1. The topological polar surface area (TPSA) is 94.3 Å². The first-order chi connectivity index (χ1) is 18.2. The number of fused-ring (bicyclic) bond motifs is 1. The number of aryl methyl sites for hydroxylation is 1. The Morgan fingerprint density at radius 2 is 1.76 bits per heavy atom. The zero-order valence-corrected chi connectivity index (χ0v) is 23.0. The third-order valence-corrected chi connectivity index (χ3v) is 7.04. The van der Waals surface area contributed by atoms with Crippen LogP contribution < -0.4 is 20.5 Å². The van der Waals surface area contributed by atoms with E-state index in [9.17, 15) is 9.59 Å². The van der Waals surface area contributed by atoms with E-state index < -0.39 is 6.04 Å². The molecule has 4 heterocycles. The monoisotopic (exact) mass is 552 g/mol. The van der Waals surface area contributed by atoms with Crippen molar-refractivity contribution in [2.24, 2.45) is 7.05 Å². The quantitative estimate of drug-likeness (QED) is 0.347. The van der Waals surface area contributed by atoms with Crippen molar-refractivity contribution in [2.45, 2.75) is 25.9 Å². The standard InChI is InChI=1S/C27H26Cl2N6O3/c1-14(2)34-20(19-12-31-27(30-3)32-24(19)38-5)11-18-23(34)22(15-6-8-16(28)9-7-15)35(25(18)36)21-10-17(29)13-33(4)26(21)37/h6-14,22H,1-5H3,(H,30,31,32). The predicted octanol–water partition coefficient (Wildman–Crippen LogP) is 5.33. The van der Waals surface area contributed by atoms with E-state index in [0.29, 0.717) is 33.0 Å². The molecule has 0 aliphatic carbocycles. The zero-order valence-electron chi connectivity index (χ0n) is 21.5. The van der Waals surface area contributed by atoms with E-state index in [2.05, 4.69) is 19.9 Å². The van der Waals surface area contributed by atoms with Gasteiger partial charge in [-0.05, 0) is 43.7 Å². The van der Waals surface area contributed by atoms with Gasteiger partial charge in [0.1, 0.15) is 11.7 Å². The van der Waals surface area contributed by atoms with Gasteiger partial charge in [0, 0.05) is 37.6 Å². The number of benzene rings is 1. The van der Waals surface area contributed by atoms with E-state index in [1.807, 2.05) is 32.0 Å². The van der Waals surface area contributed by atoms with Crippen molar-refractivity contribution in [3.05, 3.63) is 86.0 Å². The summed E-state index contributed by atoms with van der Waals surface area (Å²) in [7, 11) is 4.88. The Balaban J connectivity index is 1.81. The molecule has 1 aliphatic heterocycles. The fraction of sp³-hybridized carbons (Fsp3) is 0.259. The summed E-state index contributed by atoms with van der Waals surface area (Å²) in [5.74, 6) is 0.476. The van der Waals surface area contributed by atoms with Gasteiger partial charge in [0.05, 0.1) is 34.6 Å². The molecule has 11 heteroatoms. The van der Waals surface area contributed by atoms with Crippen LogP contribution in [0, 0.1) is 0 Å². The number of carbonyl (C=O) groups excluding carboxylic acids is 1. The van der Waals surface area contributed by atoms with Crippen LogP contribution in [0.15, 0.2) is 53.6 Å². The van der Waals surface area contributed by atoms with Gasteiger partial charge in [-0.2, -0.15) is 4.98 Å². The molecule has 196 valence electrons. The Morgan fingerprint density at radius 1 is 1.05 bits per heavy atom. The number of pyridine rings is 1. The molecule has 0 fully saturated rings. The average Bonchev–Trinajstić information content (AvgIpc) is 3.41. The fourth-order valence-corrected chi connectivity index (χ4v) is 5.34. The molecule has 1 atom stereocenters. The number of aromatic nitrogens is 4. The average molecular weight is 553 g/mol. The van der Waals surface area contributed by atoms with Crippen LogP contribution in [-0.2, 0) is 7.05 Å². The van der Waals surface area contributed by atoms with Crippen LogP contribution in [0.5, 0.6) is 5.88 Å². The molecule has 9 nitrogen and oxygen atoms in total. The Labute approximate surface area is 229 Å². The molecule has 5 rings (SSSR count). The van der Waals surface area contributed by atoms with Crippen molar-refractivity contribution in [3.63, 3.8) is 0 Å². The van der Waals surface area contributed by atoms with E-state index >= 15 is 0 Å². The molecular formula is C27H26Cl2N6O3. The minimum atomic E-state index is -0.611. The van der Waals surface area contributed by atoms with Crippen molar-refractivity contribution in [3.8, 4) is 17.1 Å². The summed E-state index contributed by atoms with van der Waals surface area (Å²) in [6.45, 7) is 4.06. The zero-order chi connectivity index (χ0) is 27.3. The molecule has 1 N–H and O–H groups in total. The molecule has 0 bridgehead atoms. The predicted molar refractivity (Wildman–Crippen MR) is 149 cm³/mol. The summed E-state index contributed by atoms with van der Waals surface area (Å²) in [5.41, 5.74) is 3.24. The summed E-state index contributed by atoms with van der Waals surface area (Å²) < 4.78 is 9.04. The lowest BCUT2D eigenvalue weighted by Crippen LogP contribution is -2.35. The second-order valence-electron chi connectivity index (χ2n) is 9.25. The molecule has 1 amide bonds. The lowest BCUT2D eigenvalue weighted by molar-refractivity contribution is 0.0993. The second kappa shape index (κ2) is 9.81. The molecule has 1 aliphatic rings. The van der Waals surface area contributed by atoms with Gasteiger partial charge in [-0.1, -0.05) is 35.3 Å². The summed E-state index contributed by atoms with van der Waals surface area (Å²) in [4.78, 5) is 37.7. The highest BCUT2D eigenvalue weighted by Gasteiger charge is 2.44. The number of methoxy groups -OCH3 is 1. The van der Waals surface area contributed by atoms with Gasteiger partial charge in [0.2, 0.25) is 11.8 Å². The van der Waals surface area contributed by atoms with E-state index in [0.717, 1.165) is 17.0 Å². The lowest BCUT2D eigenvalue weighted by Gasteiger charge is -2.29. The van der Waals surface area contributed by atoms with Gasteiger partial charge in [-0.15, -0.1) is 0 Å². The number of ether oxygens (including phenoxy) is 1. The largest absolute Gasteiger partial charge is 0.480 e. The molecule has 4 aromatic rings. The van der Waals surface area contributed by atoms with E-state index in [4.69, 9.17) is 27.9 Å². The van der Waals surface area contributed by atoms with Crippen LogP contribution >= 0.6 is 23.2 Å². The van der Waals surface area contributed by atoms with Crippen molar-refractivity contribution >= 4 is 40.7 Å². The number of halogens is 2.